The number of carbonyl (C=O) groups is 2. The average molecular weight is 342 g/mol. The normalized spacial score (nSPS) is 11.4. The summed E-state index contributed by atoms with van der Waals surface area (Å²) < 4.78 is 52.6. The van der Waals surface area contributed by atoms with Crippen molar-refractivity contribution >= 4 is 11.9 Å². The van der Waals surface area contributed by atoms with Gasteiger partial charge in [0.25, 0.3) is 0 Å². The molecule has 2 aromatic rings. The molecule has 24 heavy (non-hydrogen) atoms. The van der Waals surface area contributed by atoms with Gasteiger partial charge in [-0.1, -0.05) is 12.1 Å². The number of hydrogen-bond donors (Lipinski definition) is 2. The summed E-state index contributed by atoms with van der Waals surface area (Å²) in [5, 5.41) is 18.3. The van der Waals surface area contributed by atoms with Gasteiger partial charge in [0.1, 0.15) is 5.82 Å². The Morgan fingerprint density at radius 1 is 0.958 bits per heavy atom. The van der Waals surface area contributed by atoms with E-state index in [0.29, 0.717) is 0 Å². The van der Waals surface area contributed by atoms with E-state index in [-0.39, 0.29) is 22.8 Å². The molecule has 2 rings (SSSR count). The summed E-state index contributed by atoms with van der Waals surface area (Å²) in [5.74, 6) is -4.11. The molecule has 0 spiro atoms. The number of aromatic carboxylic acids is 2. The average Bonchev–Trinajstić information content (AvgIpc) is 2.45. The molecule has 0 saturated carbocycles. The number of carboxylic acids is 2. The van der Waals surface area contributed by atoms with Crippen molar-refractivity contribution in [1.29, 1.82) is 0 Å². The largest absolute Gasteiger partial charge is 0.478 e. The summed E-state index contributed by atoms with van der Waals surface area (Å²) in [6, 6.07) is 3.85. The van der Waals surface area contributed by atoms with Crippen molar-refractivity contribution < 1.29 is 37.4 Å². The fourth-order valence-electron chi connectivity index (χ4n) is 2.43. The number of carboxylic acid groups (broad SMARTS) is 2. The minimum Gasteiger partial charge on any atom is -0.478 e. The van der Waals surface area contributed by atoms with Crippen LogP contribution in [0.1, 0.15) is 31.8 Å². The van der Waals surface area contributed by atoms with Crippen LogP contribution in [0.3, 0.4) is 0 Å². The molecule has 0 fully saturated rings. The Morgan fingerprint density at radius 2 is 1.54 bits per heavy atom. The van der Waals surface area contributed by atoms with E-state index in [2.05, 4.69) is 0 Å². The summed E-state index contributed by atoms with van der Waals surface area (Å²) in [4.78, 5) is 22.6. The molecule has 2 N–H and O–H groups in total. The molecule has 4 nitrogen and oxygen atoms in total. The van der Waals surface area contributed by atoms with E-state index in [1.54, 1.807) is 0 Å². The highest BCUT2D eigenvalue weighted by atomic mass is 19.4. The van der Waals surface area contributed by atoms with E-state index >= 15 is 0 Å². The van der Waals surface area contributed by atoms with Gasteiger partial charge >= 0.3 is 18.1 Å². The van der Waals surface area contributed by atoms with Crippen LogP contribution in [0.5, 0.6) is 0 Å². The molecular formula is C16H10F4O4. The van der Waals surface area contributed by atoms with Gasteiger partial charge in [-0.2, -0.15) is 13.2 Å². The van der Waals surface area contributed by atoms with E-state index in [1.165, 1.54) is 6.92 Å². The third-order valence-corrected chi connectivity index (χ3v) is 3.49. The molecule has 2 aromatic carbocycles. The fraction of sp³-hybridized carbons (Fsp3) is 0.125. The number of halogens is 4. The van der Waals surface area contributed by atoms with Gasteiger partial charge in [-0.05, 0) is 41.8 Å². The Balaban J connectivity index is 2.86. The fourth-order valence-corrected chi connectivity index (χ4v) is 2.43. The zero-order valence-electron chi connectivity index (χ0n) is 12.1. The third-order valence-electron chi connectivity index (χ3n) is 3.49. The van der Waals surface area contributed by atoms with Crippen LogP contribution < -0.4 is 0 Å². The van der Waals surface area contributed by atoms with Crippen molar-refractivity contribution in [2.45, 2.75) is 13.1 Å². The second kappa shape index (κ2) is 5.95. The van der Waals surface area contributed by atoms with Crippen molar-refractivity contribution in [3.8, 4) is 11.1 Å². The zero-order chi connectivity index (χ0) is 18.2. The topological polar surface area (TPSA) is 74.6 Å². The Labute approximate surface area is 133 Å². The van der Waals surface area contributed by atoms with Crippen LogP contribution in [0, 0.1) is 12.7 Å². The molecule has 0 atom stereocenters. The lowest BCUT2D eigenvalue weighted by atomic mass is 9.90. The van der Waals surface area contributed by atoms with E-state index < -0.39 is 40.6 Å². The van der Waals surface area contributed by atoms with Gasteiger partial charge in [0, 0.05) is 0 Å². The first-order valence-electron chi connectivity index (χ1n) is 6.51. The summed E-state index contributed by atoms with van der Waals surface area (Å²) in [6.07, 6.45) is -4.91. The molecule has 0 aromatic heterocycles. The van der Waals surface area contributed by atoms with Crippen LogP contribution in [-0.2, 0) is 6.18 Å². The molecule has 0 radical (unpaired) electrons. The highest BCUT2D eigenvalue weighted by Crippen LogP contribution is 2.39. The Bertz CT molecular complexity index is 841. The van der Waals surface area contributed by atoms with Gasteiger partial charge in [0.2, 0.25) is 0 Å². The Hall–Kier alpha value is -2.90. The molecule has 0 aliphatic carbocycles. The maximum atomic E-state index is 13.2. The first-order chi connectivity index (χ1) is 11.0. The van der Waals surface area contributed by atoms with E-state index in [1.807, 2.05) is 0 Å². The SMILES string of the molecule is Cc1c(C(=O)O)ccc(-c2ccc(F)cc2C(F)(F)F)c1C(=O)O. The van der Waals surface area contributed by atoms with E-state index in [4.69, 9.17) is 5.11 Å². The smallest absolute Gasteiger partial charge is 0.417 e. The van der Waals surface area contributed by atoms with E-state index in [9.17, 15) is 32.3 Å². The summed E-state index contributed by atoms with van der Waals surface area (Å²) in [5.41, 5.74) is -3.32. The van der Waals surface area contributed by atoms with Crippen LogP contribution in [-0.4, -0.2) is 22.2 Å². The second-order valence-electron chi connectivity index (χ2n) is 4.96. The molecule has 0 heterocycles. The van der Waals surface area contributed by atoms with Crippen molar-refractivity contribution in [2.75, 3.05) is 0 Å². The summed E-state index contributed by atoms with van der Waals surface area (Å²) in [6.45, 7) is 1.19. The van der Waals surface area contributed by atoms with Crippen LogP contribution in [0.25, 0.3) is 11.1 Å². The Morgan fingerprint density at radius 3 is 2.04 bits per heavy atom. The lowest BCUT2D eigenvalue weighted by Gasteiger charge is -2.17. The van der Waals surface area contributed by atoms with Crippen molar-refractivity contribution in [3.63, 3.8) is 0 Å². The van der Waals surface area contributed by atoms with E-state index in [0.717, 1.165) is 24.3 Å². The van der Waals surface area contributed by atoms with Gasteiger partial charge in [-0.3, -0.25) is 0 Å². The van der Waals surface area contributed by atoms with Crippen molar-refractivity contribution in [2.24, 2.45) is 0 Å². The minimum absolute atomic E-state index is 0.190. The molecule has 0 aliphatic rings. The van der Waals surface area contributed by atoms with Crippen molar-refractivity contribution in [1.82, 2.24) is 0 Å². The second-order valence-corrected chi connectivity index (χ2v) is 4.96. The monoisotopic (exact) mass is 342 g/mol. The summed E-state index contributed by atoms with van der Waals surface area (Å²) in [7, 11) is 0. The standard InChI is InChI=1S/C16H10F4O4/c1-7-9(14(21)22)4-5-11(13(7)15(23)24)10-3-2-8(17)6-12(10)16(18,19)20/h2-6H,1H3,(H,21,22)(H,23,24). The molecule has 8 heteroatoms. The first-order valence-corrected chi connectivity index (χ1v) is 6.51. The molecule has 0 bridgehead atoms. The molecule has 0 amide bonds. The number of hydrogen-bond acceptors (Lipinski definition) is 2. The highest BCUT2D eigenvalue weighted by molar-refractivity contribution is 6.02. The van der Waals surface area contributed by atoms with Crippen LogP contribution in [0.4, 0.5) is 17.6 Å². The number of alkyl halides is 3. The third kappa shape index (κ3) is 3.08. The quantitative estimate of drug-likeness (QED) is 0.819. The lowest BCUT2D eigenvalue weighted by molar-refractivity contribution is -0.137. The lowest BCUT2D eigenvalue weighted by Crippen LogP contribution is -2.12. The maximum Gasteiger partial charge on any atom is 0.417 e. The van der Waals surface area contributed by atoms with Crippen molar-refractivity contribution in [3.05, 3.63) is 58.4 Å². The first kappa shape index (κ1) is 17.5. The molecule has 0 saturated heterocycles. The van der Waals surface area contributed by atoms with Crippen LogP contribution in [0.15, 0.2) is 30.3 Å². The van der Waals surface area contributed by atoms with Gasteiger partial charge in [0.15, 0.2) is 0 Å². The predicted octanol–water partition coefficient (Wildman–Crippen LogP) is 4.22. The predicted molar refractivity (Wildman–Crippen MR) is 75.5 cm³/mol. The van der Waals surface area contributed by atoms with Gasteiger partial charge in [-0.25, -0.2) is 14.0 Å². The highest BCUT2D eigenvalue weighted by Gasteiger charge is 2.35. The Kier molecular flexibility index (Phi) is 4.33. The van der Waals surface area contributed by atoms with Gasteiger partial charge in [-0.15, -0.1) is 0 Å². The number of benzene rings is 2. The number of rotatable bonds is 3. The molecule has 0 unspecified atom stereocenters. The van der Waals surface area contributed by atoms with Gasteiger partial charge in [0.05, 0.1) is 16.7 Å². The molecule has 126 valence electrons. The molecule has 0 aliphatic heterocycles. The maximum absolute atomic E-state index is 13.2. The summed E-state index contributed by atoms with van der Waals surface area (Å²) >= 11 is 0. The van der Waals surface area contributed by atoms with Crippen LogP contribution >= 0.6 is 0 Å². The molecular weight excluding hydrogens is 332 g/mol. The zero-order valence-corrected chi connectivity index (χ0v) is 12.1. The van der Waals surface area contributed by atoms with Crippen LogP contribution in [0.2, 0.25) is 0 Å². The minimum atomic E-state index is -4.91. The van der Waals surface area contributed by atoms with Gasteiger partial charge < -0.3 is 10.2 Å².